The Morgan fingerprint density at radius 2 is 1.86 bits per heavy atom. The third-order valence-electron chi connectivity index (χ3n) is 5.52. The van der Waals surface area contributed by atoms with Gasteiger partial charge in [-0.2, -0.15) is 13.8 Å². The summed E-state index contributed by atoms with van der Waals surface area (Å²) in [5, 5.41) is 3.56. The summed E-state index contributed by atoms with van der Waals surface area (Å²) < 4.78 is 48.4. The van der Waals surface area contributed by atoms with Crippen LogP contribution in [0.15, 0.2) is 65.5 Å². The van der Waals surface area contributed by atoms with E-state index in [-0.39, 0.29) is 24.6 Å². The predicted octanol–water partition coefficient (Wildman–Crippen LogP) is 7.08. The zero-order chi connectivity index (χ0) is 25.9. The molecule has 9 heteroatoms. The SMILES string of the molecule is C=C(F)CCC(=O)N(CCCCCc1noc(C(F)F)n1)c1cccc(-c2ccc(OCC)cc2)c1. The molecule has 0 spiro atoms. The van der Waals surface area contributed by atoms with E-state index in [1.807, 2.05) is 55.5 Å². The Morgan fingerprint density at radius 3 is 2.53 bits per heavy atom. The summed E-state index contributed by atoms with van der Waals surface area (Å²) >= 11 is 0. The summed E-state index contributed by atoms with van der Waals surface area (Å²) in [4.78, 5) is 18.3. The van der Waals surface area contributed by atoms with Crippen LogP contribution in [0.5, 0.6) is 5.75 Å². The smallest absolute Gasteiger partial charge is 0.315 e. The van der Waals surface area contributed by atoms with Crippen LogP contribution in [-0.4, -0.2) is 29.2 Å². The van der Waals surface area contributed by atoms with E-state index in [4.69, 9.17) is 4.74 Å². The van der Waals surface area contributed by atoms with Gasteiger partial charge >= 0.3 is 6.43 Å². The van der Waals surface area contributed by atoms with Crippen molar-refractivity contribution in [1.29, 1.82) is 0 Å². The lowest BCUT2D eigenvalue weighted by atomic mass is 10.0. The zero-order valence-corrected chi connectivity index (χ0v) is 20.3. The molecule has 2 aromatic carbocycles. The first kappa shape index (κ1) is 27.0. The van der Waals surface area contributed by atoms with Gasteiger partial charge in [-0.05, 0) is 55.2 Å². The normalized spacial score (nSPS) is 11.0. The Hall–Kier alpha value is -3.62. The average Bonchev–Trinajstić information content (AvgIpc) is 3.35. The molecular weight excluding hydrogens is 471 g/mol. The first-order valence-electron chi connectivity index (χ1n) is 11.9. The lowest BCUT2D eigenvalue weighted by Crippen LogP contribution is -2.31. The summed E-state index contributed by atoms with van der Waals surface area (Å²) in [5.74, 6) is -0.384. The largest absolute Gasteiger partial charge is 0.494 e. The summed E-state index contributed by atoms with van der Waals surface area (Å²) in [6.45, 7) is 6.19. The Bertz CT molecular complexity index is 1130. The number of anilines is 1. The Morgan fingerprint density at radius 1 is 1.08 bits per heavy atom. The number of aryl methyl sites for hydroxylation is 1. The predicted molar refractivity (Wildman–Crippen MR) is 132 cm³/mol. The number of hydrogen-bond acceptors (Lipinski definition) is 5. The number of unbranched alkanes of at least 4 members (excludes halogenated alkanes) is 2. The maximum atomic E-state index is 13.2. The number of amides is 1. The Labute approximate surface area is 208 Å². The van der Waals surface area contributed by atoms with Gasteiger partial charge in [0, 0.05) is 31.5 Å². The molecule has 0 atom stereocenters. The number of rotatable bonds is 14. The van der Waals surface area contributed by atoms with E-state index in [1.165, 1.54) is 0 Å². The first-order chi connectivity index (χ1) is 17.4. The van der Waals surface area contributed by atoms with Gasteiger partial charge in [0.2, 0.25) is 5.91 Å². The van der Waals surface area contributed by atoms with Crippen LogP contribution in [-0.2, 0) is 11.2 Å². The molecule has 36 heavy (non-hydrogen) atoms. The summed E-state index contributed by atoms with van der Waals surface area (Å²) in [5.41, 5.74) is 2.64. The minimum Gasteiger partial charge on any atom is -0.494 e. The van der Waals surface area contributed by atoms with Gasteiger partial charge in [0.15, 0.2) is 5.82 Å². The van der Waals surface area contributed by atoms with Crippen LogP contribution < -0.4 is 9.64 Å². The van der Waals surface area contributed by atoms with Crippen LogP contribution in [0.3, 0.4) is 0 Å². The molecule has 0 radical (unpaired) electrons. The molecule has 0 N–H and O–H groups in total. The van der Waals surface area contributed by atoms with Crippen molar-refractivity contribution in [3.05, 3.63) is 72.7 Å². The highest BCUT2D eigenvalue weighted by Gasteiger charge is 2.18. The van der Waals surface area contributed by atoms with Crippen LogP contribution >= 0.6 is 0 Å². The van der Waals surface area contributed by atoms with E-state index < -0.39 is 18.1 Å². The Kier molecular flexibility index (Phi) is 10.1. The van der Waals surface area contributed by atoms with Crippen molar-refractivity contribution in [3.8, 4) is 16.9 Å². The zero-order valence-electron chi connectivity index (χ0n) is 20.3. The Balaban J connectivity index is 1.66. The second-order valence-corrected chi connectivity index (χ2v) is 8.23. The number of aromatic nitrogens is 2. The topological polar surface area (TPSA) is 68.5 Å². The van der Waals surface area contributed by atoms with Gasteiger partial charge in [0.25, 0.3) is 5.89 Å². The van der Waals surface area contributed by atoms with E-state index in [0.29, 0.717) is 32.4 Å². The highest BCUT2D eigenvalue weighted by Crippen LogP contribution is 2.28. The van der Waals surface area contributed by atoms with Crippen LogP contribution in [0.2, 0.25) is 0 Å². The van der Waals surface area contributed by atoms with E-state index in [0.717, 1.165) is 29.0 Å². The van der Waals surface area contributed by atoms with Gasteiger partial charge in [0.1, 0.15) is 5.75 Å². The van der Waals surface area contributed by atoms with Crippen LogP contribution in [0.25, 0.3) is 11.1 Å². The van der Waals surface area contributed by atoms with E-state index in [9.17, 15) is 18.0 Å². The molecule has 0 saturated carbocycles. The molecule has 3 aromatic rings. The van der Waals surface area contributed by atoms with E-state index in [1.54, 1.807) is 4.90 Å². The maximum Gasteiger partial charge on any atom is 0.315 e. The molecule has 1 aromatic heterocycles. The minimum absolute atomic E-state index is 0.0158. The average molecular weight is 502 g/mol. The highest BCUT2D eigenvalue weighted by molar-refractivity contribution is 5.94. The molecule has 192 valence electrons. The number of nitrogens with zero attached hydrogens (tertiary/aromatic N) is 3. The third kappa shape index (κ3) is 7.96. The van der Waals surface area contributed by atoms with Crippen molar-refractivity contribution in [2.24, 2.45) is 0 Å². The summed E-state index contributed by atoms with van der Waals surface area (Å²) in [6.07, 6.45) is -0.368. The van der Waals surface area contributed by atoms with Crippen molar-refractivity contribution in [2.45, 2.75) is 51.9 Å². The van der Waals surface area contributed by atoms with Crippen molar-refractivity contribution >= 4 is 11.6 Å². The second kappa shape index (κ2) is 13.5. The van der Waals surface area contributed by atoms with Gasteiger partial charge in [-0.25, -0.2) is 4.39 Å². The molecule has 0 aliphatic carbocycles. The van der Waals surface area contributed by atoms with E-state index in [2.05, 4.69) is 21.2 Å². The highest BCUT2D eigenvalue weighted by atomic mass is 19.3. The second-order valence-electron chi connectivity index (χ2n) is 8.23. The lowest BCUT2D eigenvalue weighted by molar-refractivity contribution is -0.118. The molecule has 1 amide bonds. The van der Waals surface area contributed by atoms with Gasteiger partial charge in [-0.15, -0.1) is 0 Å². The van der Waals surface area contributed by atoms with Crippen molar-refractivity contribution in [2.75, 3.05) is 18.1 Å². The number of alkyl halides is 2. The molecule has 0 bridgehead atoms. The van der Waals surface area contributed by atoms with Crippen molar-refractivity contribution < 1.29 is 27.2 Å². The molecule has 0 unspecified atom stereocenters. The monoisotopic (exact) mass is 501 g/mol. The number of halogens is 3. The van der Waals surface area contributed by atoms with Crippen LogP contribution in [0.4, 0.5) is 18.9 Å². The minimum atomic E-state index is -2.79. The van der Waals surface area contributed by atoms with Gasteiger partial charge in [0.05, 0.1) is 12.4 Å². The lowest BCUT2D eigenvalue weighted by Gasteiger charge is -2.24. The fraction of sp³-hybridized carbons (Fsp3) is 0.370. The molecule has 6 nitrogen and oxygen atoms in total. The maximum absolute atomic E-state index is 13.2. The standard InChI is InChI=1S/C27H30F3N3O3/c1-3-35-23-14-12-20(13-15-23)21-8-7-9-22(18-21)33(25(34)16-11-19(2)28)17-6-4-5-10-24-31-27(26(29)30)36-32-24/h7-9,12-15,18,26H,2-6,10-11,16-17H2,1H3. The first-order valence-corrected chi connectivity index (χ1v) is 11.9. The number of carbonyl (C=O) groups is 1. The molecule has 1 heterocycles. The fourth-order valence-corrected chi connectivity index (χ4v) is 3.73. The summed E-state index contributed by atoms with van der Waals surface area (Å²) in [6, 6.07) is 15.3. The molecule has 0 aliphatic rings. The quantitative estimate of drug-likeness (QED) is 0.221. The number of allylic oxidation sites excluding steroid dienone is 1. The fourth-order valence-electron chi connectivity index (χ4n) is 3.73. The molecule has 3 rings (SSSR count). The van der Waals surface area contributed by atoms with Gasteiger partial charge < -0.3 is 14.2 Å². The third-order valence-corrected chi connectivity index (χ3v) is 5.52. The number of ether oxygens (including phenoxy) is 1. The molecular formula is C27H30F3N3O3. The van der Waals surface area contributed by atoms with E-state index >= 15 is 0 Å². The van der Waals surface area contributed by atoms with Crippen molar-refractivity contribution in [1.82, 2.24) is 10.1 Å². The number of benzene rings is 2. The molecule has 0 aliphatic heterocycles. The van der Waals surface area contributed by atoms with Crippen LogP contribution in [0.1, 0.15) is 57.2 Å². The molecule has 0 fully saturated rings. The van der Waals surface area contributed by atoms with Crippen LogP contribution in [0, 0.1) is 0 Å². The van der Waals surface area contributed by atoms with Gasteiger partial charge in [-0.3, -0.25) is 4.79 Å². The van der Waals surface area contributed by atoms with Gasteiger partial charge in [-0.1, -0.05) is 42.4 Å². The number of hydrogen-bond donors (Lipinski definition) is 0. The van der Waals surface area contributed by atoms with Crippen molar-refractivity contribution in [3.63, 3.8) is 0 Å². The summed E-state index contributed by atoms with van der Waals surface area (Å²) in [7, 11) is 0. The number of carbonyl (C=O) groups excluding carboxylic acids is 1. The molecule has 0 saturated heterocycles.